The lowest BCUT2D eigenvalue weighted by atomic mass is 10.0. The average Bonchev–Trinajstić information content (AvgIpc) is 2.74. The van der Waals surface area contributed by atoms with Gasteiger partial charge in [0, 0.05) is 37.1 Å². The summed E-state index contributed by atoms with van der Waals surface area (Å²) in [4.78, 5) is 26.0. The van der Waals surface area contributed by atoms with Gasteiger partial charge in [0.15, 0.2) is 0 Å². The van der Waals surface area contributed by atoms with E-state index in [9.17, 15) is 4.79 Å². The predicted octanol–water partition coefficient (Wildman–Crippen LogP) is 4.43. The minimum absolute atomic E-state index is 0.0198. The van der Waals surface area contributed by atoms with Crippen LogP contribution in [-0.2, 0) is 6.54 Å². The first-order valence-corrected chi connectivity index (χ1v) is 9.87. The molecule has 5 nitrogen and oxygen atoms in total. The molecule has 0 spiro atoms. The molecule has 0 saturated carbocycles. The lowest BCUT2D eigenvalue weighted by Gasteiger charge is -2.27. The molecule has 0 unspecified atom stereocenters. The predicted molar refractivity (Wildman–Crippen MR) is 116 cm³/mol. The third-order valence-electron chi connectivity index (χ3n) is 4.93. The van der Waals surface area contributed by atoms with Crippen LogP contribution in [-0.4, -0.2) is 46.8 Å². The number of hydrogen-bond donors (Lipinski definition) is 0. The van der Waals surface area contributed by atoms with Gasteiger partial charge in [-0.15, -0.1) is 0 Å². The lowest BCUT2D eigenvalue weighted by molar-refractivity contribution is 0.0723. The van der Waals surface area contributed by atoms with Crippen molar-refractivity contribution in [2.75, 3.05) is 21.1 Å². The van der Waals surface area contributed by atoms with Crippen molar-refractivity contribution < 1.29 is 4.79 Å². The van der Waals surface area contributed by atoms with E-state index in [2.05, 4.69) is 27.9 Å². The number of aromatic nitrogens is 2. The average molecular weight is 389 g/mol. The fourth-order valence-corrected chi connectivity index (χ4v) is 3.47. The van der Waals surface area contributed by atoms with Crippen molar-refractivity contribution in [3.63, 3.8) is 0 Å². The van der Waals surface area contributed by atoms with Gasteiger partial charge in [-0.25, -0.2) is 0 Å². The standard InChI is InChI=1S/C24H28N4O/c1-5-23(22-11-6-7-14-25-22)28(4)24(29)20-10-8-9-19(15-20)21-13-12-18(16-26-21)17-27(2)3/h6-16,23H,5,17H2,1-4H3/t23-/m0/s1. The second-order valence-electron chi connectivity index (χ2n) is 7.46. The second kappa shape index (κ2) is 9.43. The Bertz CT molecular complexity index is 939. The van der Waals surface area contributed by atoms with Gasteiger partial charge in [0.2, 0.25) is 0 Å². The van der Waals surface area contributed by atoms with E-state index in [4.69, 9.17) is 0 Å². The van der Waals surface area contributed by atoms with E-state index in [1.54, 1.807) is 11.1 Å². The van der Waals surface area contributed by atoms with Crippen LogP contribution in [0.2, 0.25) is 0 Å². The topological polar surface area (TPSA) is 49.3 Å². The van der Waals surface area contributed by atoms with Crippen molar-refractivity contribution in [2.45, 2.75) is 25.9 Å². The zero-order valence-electron chi connectivity index (χ0n) is 17.5. The number of nitrogens with zero attached hydrogens (tertiary/aromatic N) is 4. The molecular weight excluding hydrogens is 360 g/mol. The SMILES string of the molecule is CC[C@@H](c1ccccn1)N(C)C(=O)c1cccc(-c2ccc(CN(C)C)cn2)c1. The molecule has 0 aliphatic carbocycles. The van der Waals surface area contributed by atoms with Crippen LogP contribution in [0.25, 0.3) is 11.3 Å². The molecule has 2 aromatic heterocycles. The Morgan fingerprint density at radius 1 is 1.00 bits per heavy atom. The number of carbonyl (C=O) groups excluding carboxylic acids is 1. The molecule has 5 heteroatoms. The molecular formula is C24H28N4O. The summed E-state index contributed by atoms with van der Waals surface area (Å²) in [5, 5.41) is 0. The summed E-state index contributed by atoms with van der Waals surface area (Å²) in [7, 11) is 5.91. The van der Waals surface area contributed by atoms with Crippen molar-refractivity contribution in [2.24, 2.45) is 0 Å². The van der Waals surface area contributed by atoms with E-state index in [-0.39, 0.29) is 11.9 Å². The summed E-state index contributed by atoms with van der Waals surface area (Å²) in [6.07, 6.45) is 4.46. The molecule has 0 saturated heterocycles. The number of hydrogen-bond acceptors (Lipinski definition) is 4. The smallest absolute Gasteiger partial charge is 0.254 e. The highest BCUT2D eigenvalue weighted by Gasteiger charge is 2.22. The number of carbonyl (C=O) groups is 1. The van der Waals surface area contributed by atoms with Gasteiger partial charge in [-0.05, 0) is 56.4 Å². The minimum atomic E-state index is -0.0594. The summed E-state index contributed by atoms with van der Waals surface area (Å²) in [5.74, 6) is -0.0198. The first kappa shape index (κ1) is 20.7. The highest BCUT2D eigenvalue weighted by Crippen LogP contribution is 2.25. The summed E-state index contributed by atoms with van der Waals surface area (Å²) < 4.78 is 0. The van der Waals surface area contributed by atoms with E-state index in [1.807, 2.05) is 75.9 Å². The molecule has 0 N–H and O–H groups in total. The highest BCUT2D eigenvalue weighted by molar-refractivity contribution is 5.95. The Balaban J connectivity index is 1.82. The summed E-state index contributed by atoms with van der Waals surface area (Å²) in [6, 6.07) is 17.5. The van der Waals surface area contributed by atoms with Crippen LogP contribution in [0.15, 0.2) is 67.0 Å². The van der Waals surface area contributed by atoms with E-state index in [0.717, 1.165) is 35.5 Å². The van der Waals surface area contributed by atoms with Crippen LogP contribution in [0.3, 0.4) is 0 Å². The van der Waals surface area contributed by atoms with Gasteiger partial charge < -0.3 is 9.80 Å². The van der Waals surface area contributed by atoms with E-state index >= 15 is 0 Å². The first-order valence-electron chi connectivity index (χ1n) is 9.87. The summed E-state index contributed by atoms with van der Waals surface area (Å²) in [6.45, 7) is 2.92. The van der Waals surface area contributed by atoms with Gasteiger partial charge in [-0.3, -0.25) is 14.8 Å². The normalized spacial score (nSPS) is 12.0. The van der Waals surface area contributed by atoms with Gasteiger partial charge in [0.1, 0.15) is 0 Å². The van der Waals surface area contributed by atoms with Gasteiger partial charge in [0.05, 0.1) is 17.4 Å². The van der Waals surface area contributed by atoms with Crippen molar-refractivity contribution >= 4 is 5.91 Å². The first-order chi connectivity index (χ1) is 14.0. The molecule has 1 amide bonds. The molecule has 1 atom stereocenters. The zero-order chi connectivity index (χ0) is 20.8. The zero-order valence-corrected chi connectivity index (χ0v) is 17.5. The molecule has 29 heavy (non-hydrogen) atoms. The maximum absolute atomic E-state index is 13.1. The molecule has 150 valence electrons. The Hall–Kier alpha value is -3.05. The van der Waals surface area contributed by atoms with Crippen molar-refractivity contribution in [3.05, 3.63) is 83.8 Å². The largest absolute Gasteiger partial charge is 0.333 e. The molecule has 0 bridgehead atoms. The Morgan fingerprint density at radius 2 is 1.83 bits per heavy atom. The van der Waals surface area contributed by atoms with Gasteiger partial charge in [-0.2, -0.15) is 0 Å². The van der Waals surface area contributed by atoms with Gasteiger partial charge in [-0.1, -0.05) is 31.2 Å². The third kappa shape index (κ3) is 5.06. The Kier molecular flexibility index (Phi) is 6.73. The summed E-state index contributed by atoms with van der Waals surface area (Å²) >= 11 is 0. The summed E-state index contributed by atoms with van der Waals surface area (Å²) in [5.41, 5.74) is 4.51. The van der Waals surface area contributed by atoms with Crippen molar-refractivity contribution in [1.82, 2.24) is 19.8 Å². The Labute approximate surface area is 173 Å². The Morgan fingerprint density at radius 3 is 2.45 bits per heavy atom. The second-order valence-corrected chi connectivity index (χ2v) is 7.46. The van der Waals surface area contributed by atoms with Gasteiger partial charge in [0.25, 0.3) is 5.91 Å². The number of benzene rings is 1. The monoisotopic (exact) mass is 388 g/mol. The number of pyridine rings is 2. The molecule has 0 aliphatic heterocycles. The molecule has 3 aromatic rings. The lowest BCUT2D eigenvalue weighted by Crippen LogP contribution is -2.31. The molecule has 2 heterocycles. The molecule has 0 radical (unpaired) electrons. The quantitative estimate of drug-likeness (QED) is 0.601. The van der Waals surface area contributed by atoms with E-state index < -0.39 is 0 Å². The maximum Gasteiger partial charge on any atom is 0.254 e. The maximum atomic E-state index is 13.1. The fraction of sp³-hybridized carbons (Fsp3) is 0.292. The molecule has 3 rings (SSSR count). The molecule has 0 aliphatic rings. The fourth-order valence-electron chi connectivity index (χ4n) is 3.47. The number of amides is 1. The highest BCUT2D eigenvalue weighted by atomic mass is 16.2. The van der Waals surface area contributed by atoms with E-state index in [0.29, 0.717) is 5.56 Å². The molecule has 1 aromatic carbocycles. The van der Waals surface area contributed by atoms with Crippen LogP contribution >= 0.6 is 0 Å². The number of rotatable bonds is 7. The third-order valence-corrected chi connectivity index (χ3v) is 4.93. The van der Waals surface area contributed by atoms with Crippen LogP contribution in [0.5, 0.6) is 0 Å². The van der Waals surface area contributed by atoms with Crippen molar-refractivity contribution in [1.29, 1.82) is 0 Å². The van der Waals surface area contributed by atoms with Crippen LogP contribution < -0.4 is 0 Å². The van der Waals surface area contributed by atoms with Crippen molar-refractivity contribution in [3.8, 4) is 11.3 Å². The van der Waals surface area contributed by atoms with Gasteiger partial charge >= 0.3 is 0 Å². The van der Waals surface area contributed by atoms with E-state index in [1.165, 1.54) is 0 Å². The minimum Gasteiger partial charge on any atom is -0.333 e. The molecule has 0 fully saturated rings. The van der Waals surface area contributed by atoms with Crippen LogP contribution in [0.1, 0.15) is 41.0 Å². The van der Waals surface area contributed by atoms with Crippen LogP contribution in [0, 0.1) is 0 Å². The van der Waals surface area contributed by atoms with Crippen LogP contribution in [0.4, 0.5) is 0 Å².